The van der Waals surface area contributed by atoms with Crippen LogP contribution in [0.5, 0.6) is 0 Å². The second-order valence-corrected chi connectivity index (χ2v) is 7.92. The highest BCUT2D eigenvalue weighted by Gasteiger charge is 2.39. The Hall–Kier alpha value is -3.37. The monoisotopic (exact) mass is 440 g/mol. The third-order valence-electron chi connectivity index (χ3n) is 5.21. The second-order valence-electron chi connectivity index (χ2n) is 7.92. The quantitative estimate of drug-likeness (QED) is 0.515. The van der Waals surface area contributed by atoms with Crippen LogP contribution in [0.25, 0.3) is 22.6 Å². The normalized spacial score (nSPS) is 20.8. The molecular weight excluding hydrogens is 415 g/mol. The number of carbonyl (C=O) groups is 1. The Bertz CT molecular complexity index is 1090. The number of benzene rings is 1. The van der Waals surface area contributed by atoms with E-state index in [0.717, 1.165) is 13.0 Å². The molecule has 1 aliphatic heterocycles. The van der Waals surface area contributed by atoms with Gasteiger partial charge in [-0.25, -0.2) is 19.3 Å². The minimum Gasteiger partial charge on any atom is -0.369 e. The summed E-state index contributed by atoms with van der Waals surface area (Å²) >= 11 is 0. The smallest absolute Gasteiger partial charge is 0.228 e. The summed E-state index contributed by atoms with van der Waals surface area (Å²) in [5, 5.41) is 3.16. The van der Waals surface area contributed by atoms with Crippen molar-refractivity contribution in [3.05, 3.63) is 48.2 Å². The molecule has 0 aliphatic carbocycles. The minimum atomic E-state index is -0.905. The highest BCUT2D eigenvalue weighted by atomic mass is 19.1. The Kier molecular flexibility index (Phi) is 6.15. The average Bonchev–Trinajstić information content (AvgIpc) is 3.24. The number of rotatable bonds is 7. The predicted octanol–water partition coefficient (Wildman–Crippen LogP) is 3.03. The summed E-state index contributed by atoms with van der Waals surface area (Å²) in [6.07, 6.45) is 1.78. The van der Waals surface area contributed by atoms with Gasteiger partial charge in [0.1, 0.15) is 5.82 Å². The van der Waals surface area contributed by atoms with Crippen LogP contribution < -0.4 is 11.1 Å². The van der Waals surface area contributed by atoms with Gasteiger partial charge in [0, 0.05) is 18.3 Å². The van der Waals surface area contributed by atoms with Gasteiger partial charge in [-0.1, -0.05) is 6.92 Å². The number of hydrogen-bond acceptors (Lipinski definition) is 7. The summed E-state index contributed by atoms with van der Waals surface area (Å²) in [4.78, 5) is 28.4. The molecule has 1 amide bonds. The van der Waals surface area contributed by atoms with E-state index in [2.05, 4.69) is 32.2 Å². The SMILES string of the molecule is CCCNc1nccc(-c2[nH]c(C3OCC(C)(C(N)=O)CO3)nc2-c2ccc(F)cc2)n1. The Labute approximate surface area is 184 Å². The molecule has 168 valence electrons. The third kappa shape index (κ3) is 4.46. The molecule has 0 bridgehead atoms. The maximum Gasteiger partial charge on any atom is 0.228 e. The molecule has 1 fully saturated rings. The number of primary amides is 1. The summed E-state index contributed by atoms with van der Waals surface area (Å²) < 4.78 is 25.0. The van der Waals surface area contributed by atoms with Crippen LogP contribution in [0.3, 0.4) is 0 Å². The van der Waals surface area contributed by atoms with Crippen molar-refractivity contribution in [3.63, 3.8) is 0 Å². The fraction of sp³-hybridized carbons (Fsp3) is 0.364. The summed E-state index contributed by atoms with van der Waals surface area (Å²) in [5.41, 5.74) is 7.03. The zero-order valence-corrected chi connectivity index (χ0v) is 17.9. The van der Waals surface area contributed by atoms with Crippen molar-refractivity contribution in [2.45, 2.75) is 26.6 Å². The van der Waals surface area contributed by atoms with Crippen LogP contribution in [-0.2, 0) is 14.3 Å². The number of nitrogens with two attached hydrogens (primary N) is 1. The number of nitrogens with zero attached hydrogens (tertiary/aromatic N) is 3. The number of hydrogen-bond donors (Lipinski definition) is 3. The molecule has 32 heavy (non-hydrogen) atoms. The first-order valence-corrected chi connectivity index (χ1v) is 10.4. The number of ether oxygens (including phenoxy) is 2. The molecule has 0 unspecified atom stereocenters. The van der Waals surface area contributed by atoms with Crippen molar-refractivity contribution in [1.82, 2.24) is 19.9 Å². The van der Waals surface area contributed by atoms with Gasteiger partial charge in [0.25, 0.3) is 0 Å². The van der Waals surface area contributed by atoms with Gasteiger partial charge >= 0.3 is 0 Å². The number of halogens is 1. The first-order valence-electron chi connectivity index (χ1n) is 10.4. The van der Waals surface area contributed by atoms with Crippen LogP contribution in [0.4, 0.5) is 10.3 Å². The number of aromatic amines is 1. The van der Waals surface area contributed by atoms with Crippen molar-refractivity contribution >= 4 is 11.9 Å². The number of aromatic nitrogens is 4. The van der Waals surface area contributed by atoms with Crippen LogP contribution in [0.2, 0.25) is 0 Å². The largest absolute Gasteiger partial charge is 0.369 e. The van der Waals surface area contributed by atoms with Crippen LogP contribution in [-0.4, -0.2) is 45.6 Å². The lowest BCUT2D eigenvalue weighted by Gasteiger charge is -2.34. The number of H-pyrrole nitrogens is 1. The molecule has 9 nitrogen and oxygen atoms in total. The zero-order valence-electron chi connectivity index (χ0n) is 17.9. The van der Waals surface area contributed by atoms with Crippen molar-refractivity contribution in [3.8, 4) is 22.6 Å². The summed E-state index contributed by atoms with van der Waals surface area (Å²) in [6.45, 7) is 4.69. The number of carbonyl (C=O) groups excluding carboxylic acids is 1. The Balaban J connectivity index is 1.70. The zero-order chi connectivity index (χ0) is 22.7. The second kappa shape index (κ2) is 9.01. The van der Waals surface area contributed by atoms with Gasteiger partial charge in [-0.05, 0) is 43.7 Å². The van der Waals surface area contributed by atoms with Gasteiger partial charge in [-0.15, -0.1) is 0 Å². The standard InChI is InChI=1S/C22H25FN6O3/c1-3-9-25-21-26-10-8-15(27-21)17-16(13-4-6-14(23)7-5-13)28-18(29-17)19-31-11-22(2,12-32-19)20(24)30/h4-8,10,19H,3,9,11-12H2,1-2H3,(H2,24,30)(H,28,29)(H,25,26,27). The Morgan fingerprint density at radius 2 is 1.97 bits per heavy atom. The first kappa shape index (κ1) is 21.8. The highest BCUT2D eigenvalue weighted by Crippen LogP contribution is 2.35. The summed E-state index contributed by atoms with van der Waals surface area (Å²) in [7, 11) is 0. The molecule has 2 aromatic heterocycles. The fourth-order valence-electron chi connectivity index (χ4n) is 3.23. The third-order valence-corrected chi connectivity index (χ3v) is 5.21. The van der Waals surface area contributed by atoms with Crippen molar-refractivity contribution in [2.75, 3.05) is 25.1 Å². The van der Waals surface area contributed by atoms with Gasteiger partial charge in [-0.3, -0.25) is 4.79 Å². The number of anilines is 1. The molecule has 3 aromatic rings. The lowest BCUT2D eigenvalue weighted by molar-refractivity contribution is -0.230. The van der Waals surface area contributed by atoms with E-state index in [9.17, 15) is 9.18 Å². The van der Waals surface area contributed by atoms with Crippen molar-refractivity contribution in [2.24, 2.45) is 11.1 Å². The van der Waals surface area contributed by atoms with Gasteiger partial charge in [-0.2, -0.15) is 0 Å². The van der Waals surface area contributed by atoms with Crippen LogP contribution in [0.15, 0.2) is 36.5 Å². The lowest BCUT2D eigenvalue weighted by Crippen LogP contribution is -2.46. The van der Waals surface area contributed by atoms with E-state index in [-0.39, 0.29) is 19.0 Å². The minimum absolute atomic E-state index is 0.105. The molecular formula is C22H25FN6O3. The number of nitrogens with one attached hydrogen (secondary N) is 2. The van der Waals surface area contributed by atoms with E-state index in [1.807, 2.05) is 0 Å². The topological polar surface area (TPSA) is 128 Å². The van der Waals surface area contributed by atoms with Crippen LogP contribution in [0, 0.1) is 11.2 Å². The van der Waals surface area contributed by atoms with Gasteiger partial charge in [0.15, 0.2) is 5.82 Å². The maximum absolute atomic E-state index is 13.5. The molecule has 4 N–H and O–H groups in total. The van der Waals surface area contributed by atoms with Crippen molar-refractivity contribution in [1.29, 1.82) is 0 Å². The van der Waals surface area contributed by atoms with E-state index in [1.165, 1.54) is 12.1 Å². The van der Waals surface area contributed by atoms with Gasteiger partial charge < -0.3 is 25.5 Å². The molecule has 1 aromatic carbocycles. The summed E-state index contributed by atoms with van der Waals surface area (Å²) in [5.74, 6) is 0.0699. The van der Waals surface area contributed by atoms with Gasteiger partial charge in [0.05, 0.1) is 35.7 Å². The molecule has 1 aliphatic rings. The molecule has 4 rings (SSSR count). The average molecular weight is 440 g/mol. The number of imidazole rings is 1. The first-order chi connectivity index (χ1) is 15.4. The van der Waals surface area contributed by atoms with E-state index >= 15 is 0 Å². The highest BCUT2D eigenvalue weighted by molar-refractivity contribution is 5.81. The van der Waals surface area contributed by atoms with E-state index in [4.69, 9.17) is 15.2 Å². The fourth-order valence-corrected chi connectivity index (χ4v) is 3.23. The molecule has 10 heteroatoms. The summed E-state index contributed by atoms with van der Waals surface area (Å²) in [6, 6.07) is 7.78. The number of amides is 1. The predicted molar refractivity (Wildman–Crippen MR) is 116 cm³/mol. The molecule has 0 radical (unpaired) electrons. The van der Waals surface area contributed by atoms with Crippen molar-refractivity contribution < 1.29 is 18.7 Å². The van der Waals surface area contributed by atoms with Gasteiger partial charge in [0.2, 0.25) is 18.1 Å². The van der Waals surface area contributed by atoms with Crippen LogP contribution >= 0.6 is 0 Å². The van der Waals surface area contributed by atoms with E-state index in [1.54, 1.807) is 31.3 Å². The molecule has 1 saturated heterocycles. The van der Waals surface area contributed by atoms with Crippen LogP contribution in [0.1, 0.15) is 32.4 Å². The molecule has 0 saturated carbocycles. The lowest BCUT2D eigenvalue weighted by atomic mass is 9.91. The Morgan fingerprint density at radius 1 is 1.25 bits per heavy atom. The Morgan fingerprint density at radius 3 is 2.62 bits per heavy atom. The van der Waals surface area contributed by atoms with E-state index in [0.29, 0.717) is 34.4 Å². The maximum atomic E-state index is 13.5. The molecule has 0 atom stereocenters. The van der Waals surface area contributed by atoms with E-state index < -0.39 is 17.6 Å². The molecule has 0 spiro atoms. The molecule has 3 heterocycles.